The summed E-state index contributed by atoms with van der Waals surface area (Å²) in [6.45, 7) is 8.11. The fraction of sp³-hybridized carbons (Fsp3) is 0.469. The molecule has 43 heavy (non-hydrogen) atoms. The van der Waals surface area contributed by atoms with E-state index in [0.29, 0.717) is 23.8 Å². The molecule has 2 aliphatic heterocycles. The zero-order chi connectivity index (χ0) is 30.0. The molecule has 3 aromatic rings. The first-order valence-corrected chi connectivity index (χ1v) is 15.6. The number of carbonyl (C=O) groups excluding carboxylic acids is 2. The maximum atomic E-state index is 12.9. The second kappa shape index (κ2) is 15.3. The van der Waals surface area contributed by atoms with Crippen LogP contribution < -0.4 is 16.0 Å². The summed E-state index contributed by atoms with van der Waals surface area (Å²) in [5.74, 6) is -0.0620. The quantitative estimate of drug-likeness (QED) is 0.264. The second-order valence-electron chi connectivity index (χ2n) is 11.4. The van der Waals surface area contributed by atoms with Crippen molar-refractivity contribution in [2.45, 2.75) is 32.3 Å². The van der Waals surface area contributed by atoms with Gasteiger partial charge in [0.15, 0.2) is 0 Å². The zero-order valence-corrected chi connectivity index (χ0v) is 25.7. The molecule has 5 rings (SSSR count). The van der Waals surface area contributed by atoms with Crippen LogP contribution in [0.1, 0.15) is 31.2 Å². The van der Waals surface area contributed by atoms with E-state index in [0.717, 1.165) is 92.9 Å². The van der Waals surface area contributed by atoms with Crippen LogP contribution in [-0.4, -0.2) is 97.6 Å². The average molecular weight is 608 g/mol. The summed E-state index contributed by atoms with van der Waals surface area (Å²) in [6, 6.07) is 13.1. The number of benzene rings is 2. The molecule has 0 saturated carbocycles. The molecular weight excluding hydrogens is 566 g/mol. The number of aromatic nitrogens is 1. The summed E-state index contributed by atoms with van der Waals surface area (Å²) < 4.78 is 5.56. The lowest BCUT2D eigenvalue weighted by molar-refractivity contribution is -0.117. The Morgan fingerprint density at radius 3 is 2.53 bits per heavy atom. The number of hydrogen-bond donors (Lipinski definition) is 3. The molecular formula is C32H42ClN7O3. The molecule has 0 atom stereocenters. The number of rotatable bonds is 11. The first-order valence-electron chi connectivity index (χ1n) is 15.2. The predicted octanol–water partition coefficient (Wildman–Crippen LogP) is 4.92. The number of pyridine rings is 1. The first-order chi connectivity index (χ1) is 20.9. The number of fused-ring (bicyclic) bond motifs is 1. The van der Waals surface area contributed by atoms with E-state index in [4.69, 9.17) is 16.3 Å². The van der Waals surface area contributed by atoms with E-state index in [1.165, 1.54) is 6.42 Å². The third kappa shape index (κ3) is 9.53. The van der Waals surface area contributed by atoms with Gasteiger partial charge in [-0.15, -0.1) is 0 Å². The summed E-state index contributed by atoms with van der Waals surface area (Å²) in [5.41, 5.74) is 3.77. The van der Waals surface area contributed by atoms with Crippen LogP contribution in [0.3, 0.4) is 0 Å². The second-order valence-corrected chi connectivity index (χ2v) is 11.9. The maximum Gasteiger partial charge on any atom is 0.407 e. The SMILES string of the molecule is CN1CCN(CCCNC(=O)OCc2cc(NC(=O)CN3CCCCC3)cc(Nc3ccnc4cc(Cl)ccc34)c2)CC1. The summed E-state index contributed by atoms with van der Waals surface area (Å²) in [5, 5.41) is 10.9. The lowest BCUT2D eigenvalue weighted by Crippen LogP contribution is -2.45. The topological polar surface area (TPSA) is 102 Å². The highest BCUT2D eigenvalue weighted by molar-refractivity contribution is 6.31. The average Bonchev–Trinajstić information content (AvgIpc) is 2.99. The Bertz CT molecular complexity index is 1390. The highest BCUT2D eigenvalue weighted by Crippen LogP contribution is 2.29. The molecule has 2 aliphatic rings. The van der Waals surface area contributed by atoms with Crippen LogP contribution in [0.2, 0.25) is 5.02 Å². The molecule has 2 saturated heterocycles. The van der Waals surface area contributed by atoms with E-state index in [9.17, 15) is 9.59 Å². The Morgan fingerprint density at radius 2 is 1.72 bits per heavy atom. The van der Waals surface area contributed by atoms with Crippen LogP contribution in [0.4, 0.5) is 21.9 Å². The van der Waals surface area contributed by atoms with Crippen LogP contribution in [0, 0.1) is 0 Å². The van der Waals surface area contributed by atoms with Gasteiger partial charge in [-0.25, -0.2) is 4.79 Å². The molecule has 10 nitrogen and oxygen atoms in total. The highest BCUT2D eigenvalue weighted by atomic mass is 35.5. The molecule has 0 unspecified atom stereocenters. The van der Waals surface area contributed by atoms with Gasteiger partial charge in [-0.3, -0.25) is 14.7 Å². The van der Waals surface area contributed by atoms with E-state index in [1.807, 2.05) is 42.5 Å². The van der Waals surface area contributed by atoms with Gasteiger partial charge >= 0.3 is 6.09 Å². The number of likely N-dealkylation sites (N-methyl/N-ethyl adjacent to an activating group) is 1. The molecule has 0 bridgehead atoms. The monoisotopic (exact) mass is 607 g/mol. The fourth-order valence-corrected chi connectivity index (χ4v) is 5.76. The third-order valence-electron chi connectivity index (χ3n) is 7.96. The molecule has 0 radical (unpaired) electrons. The summed E-state index contributed by atoms with van der Waals surface area (Å²) in [7, 11) is 2.14. The number of amides is 2. The zero-order valence-electron chi connectivity index (χ0n) is 24.9. The summed E-state index contributed by atoms with van der Waals surface area (Å²) >= 11 is 6.18. The van der Waals surface area contributed by atoms with Crippen LogP contribution in [0.25, 0.3) is 10.9 Å². The molecule has 230 valence electrons. The van der Waals surface area contributed by atoms with Gasteiger partial charge in [-0.05, 0) is 94.0 Å². The first kappa shape index (κ1) is 31.0. The molecule has 2 amide bonds. The van der Waals surface area contributed by atoms with Crippen molar-refractivity contribution in [3.63, 3.8) is 0 Å². The minimum atomic E-state index is -0.454. The van der Waals surface area contributed by atoms with Crippen molar-refractivity contribution in [2.75, 3.05) is 76.6 Å². The van der Waals surface area contributed by atoms with Gasteiger partial charge in [0.1, 0.15) is 6.61 Å². The van der Waals surface area contributed by atoms with Crippen LogP contribution in [0.15, 0.2) is 48.7 Å². The van der Waals surface area contributed by atoms with Crippen molar-refractivity contribution in [3.05, 3.63) is 59.2 Å². The van der Waals surface area contributed by atoms with Gasteiger partial charge in [-0.2, -0.15) is 0 Å². The summed E-state index contributed by atoms with van der Waals surface area (Å²) in [6.07, 6.45) is 5.60. The van der Waals surface area contributed by atoms with E-state index in [2.05, 4.69) is 42.7 Å². The van der Waals surface area contributed by atoms with Crippen molar-refractivity contribution in [1.29, 1.82) is 0 Å². The van der Waals surface area contributed by atoms with Gasteiger partial charge in [0, 0.05) is 66.4 Å². The molecule has 2 fully saturated rings. The third-order valence-corrected chi connectivity index (χ3v) is 8.20. The fourth-order valence-electron chi connectivity index (χ4n) is 5.59. The summed E-state index contributed by atoms with van der Waals surface area (Å²) in [4.78, 5) is 36.8. The Hall–Kier alpha value is -3.44. The number of nitrogens with one attached hydrogen (secondary N) is 3. The van der Waals surface area contributed by atoms with E-state index in [-0.39, 0.29) is 12.5 Å². The van der Waals surface area contributed by atoms with Crippen molar-refractivity contribution in [1.82, 2.24) is 25.0 Å². The van der Waals surface area contributed by atoms with Gasteiger partial charge in [0.25, 0.3) is 0 Å². The number of alkyl carbamates (subject to hydrolysis) is 1. The lowest BCUT2D eigenvalue weighted by Gasteiger charge is -2.32. The van der Waals surface area contributed by atoms with Crippen molar-refractivity contribution in [3.8, 4) is 0 Å². The minimum absolute atomic E-state index is 0.0620. The Balaban J connectivity index is 1.22. The minimum Gasteiger partial charge on any atom is -0.445 e. The molecule has 1 aromatic heterocycles. The number of ether oxygens (including phenoxy) is 1. The molecule has 3 heterocycles. The Kier molecular flexibility index (Phi) is 11.1. The predicted molar refractivity (Wildman–Crippen MR) is 172 cm³/mol. The van der Waals surface area contributed by atoms with Crippen molar-refractivity contribution >= 4 is 51.6 Å². The van der Waals surface area contributed by atoms with E-state index < -0.39 is 6.09 Å². The maximum absolute atomic E-state index is 12.9. The van der Waals surface area contributed by atoms with Crippen LogP contribution >= 0.6 is 11.6 Å². The van der Waals surface area contributed by atoms with E-state index >= 15 is 0 Å². The van der Waals surface area contributed by atoms with Gasteiger partial charge in [-0.1, -0.05) is 18.0 Å². The Labute approximate surface area is 258 Å². The van der Waals surface area contributed by atoms with Crippen LogP contribution in [-0.2, 0) is 16.1 Å². The smallest absolute Gasteiger partial charge is 0.407 e. The van der Waals surface area contributed by atoms with Crippen LogP contribution in [0.5, 0.6) is 0 Å². The van der Waals surface area contributed by atoms with E-state index in [1.54, 1.807) is 6.20 Å². The van der Waals surface area contributed by atoms with Gasteiger partial charge in [0.05, 0.1) is 12.1 Å². The lowest BCUT2D eigenvalue weighted by atomic mass is 10.1. The number of nitrogens with zero attached hydrogens (tertiary/aromatic N) is 4. The number of halogens is 1. The van der Waals surface area contributed by atoms with Gasteiger partial charge in [0.2, 0.25) is 5.91 Å². The van der Waals surface area contributed by atoms with Crippen molar-refractivity contribution < 1.29 is 14.3 Å². The normalized spacial score (nSPS) is 16.6. The largest absolute Gasteiger partial charge is 0.445 e. The van der Waals surface area contributed by atoms with Crippen molar-refractivity contribution in [2.24, 2.45) is 0 Å². The van der Waals surface area contributed by atoms with Gasteiger partial charge < -0.3 is 30.5 Å². The number of likely N-dealkylation sites (tertiary alicyclic amines) is 1. The number of piperidine rings is 1. The standard InChI is InChI=1S/C32H42ClN7O3/c1-38-14-16-39(17-15-38)13-5-9-35-32(42)43-23-24-18-26(36-29-8-10-34-30-20-25(33)6-7-28(29)30)21-27(19-24)37-31(41)22-40-11-3-2-4-12-40/h6-8,10,18-21H,2-5,9,11-17,22-23H2,1H3,(H,34,36)(H,35,42)(H,37,41). The molecule has 0 aliphatic carbocycles. The molecule has 3 N–H and O–H groups in total. The Morgan fingerprint density at radius 1 is 0.930 bits per heavy atom. The molecule has 11 heteroatoms. The molecule has 0 spiro atoms. The molecule has 2 aromatic carbocycles. The number of piperazine rings is 1. The number of anilines is 3. The number of hydrogen-bond acceptors (Lipinski definition) is 8. The number of carbonyl (C=O) groups is 2. The highest BCUT2D eigenvalue weighted by Gasteiger charge is 2.16.